The van der Waals surface area contributed by atoms with Crippen LogP contribution < -0.4 is 9.47 Å². The number of aliphatic hydroxyl groups is 1. The third-order valence-electron chi connectivity index (χ3n) is 6.00. The summed E-state index contributed by atoms with van der Waals surface area (Å²) in [6.07, 6.45) is 3.85. The van der Waals surface area contributed by atoms with E-state index in [2.05, 4.69) is 47.9 Å². The van der Waals surface area contributed by atoms with Gasteiger partial charge in [0.1, 0.15) is 0 Å². The van der Waals surface area contributed by atoms with E-state index in [1.807, 2.05) is 0 Å². The molecule has 2 aromatic rings. The van der Waals surface area contributed by atoms with Crippen molar-refractivity contribution in [2.24, 2.45) is 11.3 Å². The Kier molecular flexibility index (Phi) is 5.53. The first-order chi connectivity index (χ1) is 13.8. The molecule has 3 atom stereocenters. The number of piperidine rings is 1. The van der Waals surface area contributed by atoms with Gasteiger partial charge in [-0.05, 0) is 53.9 Å². The van der Waals surface area contributed by atoms with Crippen molar-refractivity contribution in [1.29, 1.82) is 0 Å². The molecule has 7 nitrogen and oxygen atoms in total. The second-order valence-corrected chi connectivity index (χ2v) is 9.41. The molecule has 3 heterocycles. The van der Waals surface area contributed by atoms with Crippen molar-refractivity contribution in [1.82, 2.24) is 15.0 Å². The summed E-state index contributed by atoms with van der Waals surface area (Å²) in [5.41, 5.74) is 2.72. The molecule has 0 unspecified atom stereocenters. The molecule has 158 valence electrons. The Bertz CT molecular complexity index is 831. The van der Waals surface area contributed by atoms with Crippen LogP contribution in [0.25, 0.3) is 0 Å². The lowest BCUT2D eigenvalue weighted by Gasteiger charge is -2.47. The number of ether oxygens (including phenoxy) is 2. The van der Waals surface area contributed by atoms with Crippen LogP contribution in [-0.2, 0) is 13.0 Å². The minimum atomic E-state index is -0.277. The third kappa shape index (κ3) is 4.41. The maximum Gasteiger partial charge on any atom is 0.264 e. The number of rotatable bonds is 5. The Hall–Kier alpha value is -2.12. The molecule has 0 saturated carbocycles. The maximum absolute atomic E-state index is 10.9. The smallest absolute Gasteiger partial charge is 0.264 e. The van der Waals surface area contributed by atoms with Crippen LogP contribution in [-0.4, -0.2) is 46.5 Å². The lowest BCUT2D eigenvalue weighted by molar-refractivity contribution is -0.0259. The van der Waals surface area contributed by atoms with E-state index in [-0.39, 0.29) is 24.2 Å². The van der Waals surface area contributed by atoms with Gasteiger partial charge >= 0.3 is 0 Å². The zero-order chi connectivity index (χ0) is 20.6. The number of aliphatic hydroxyl groups excluding tert-OH is 1. The van der Waals surface area contributed by atoms with Crippen LogP contribution in [0.3, 0.4) is 0 Å². The Balaban J connectivity index is 1.54. The van der Waals surface area contributed by atoms with E-state index in [0.717, 1.165) is 32.4 Å². The fourth-order valence-electron chi connectivity index (χ4n) is 4.76. The molecule has 29 heavy (non-hydrogen) atoms. The monoisotopic (exact) mass is 401 g/mol. The van der Waals surface area contributed by atoms with Gasteiger partial charge in [-0.3, -0.25) is 4.90 Å². The van der Waals surface area contributed by atoms with Gasteiger partial charge in [-0.15, -0.1) is 0 Å². The number of methoxy groups -OCH3 is 1. The van der Waals surface area contributed by atoms with Crippen molar-refractivity contribution in [2.45, 2.75) is 58.8 Å². The Morgan fingerprint density at radius 1 is 1.28 bits per heavy atom. The number of benzene rings is 1. The predicted octanol–water partition coefficient (Wildman–Crippen LogP) is 3.37. The Labute approximate surface area is 172 Å². The third-order valence-corrected chi connectivity index (χ3v) is 6.00. The largest absolute Gasteiger partial charge is 0.493 e. The van der Waals surface area contributed by atoms with Crippen molar-refractivity contribution < 1.29 is 19.1 Å². The molecule has 0 amide bonds. The summed E-state index contributed by atoms with van der Waals surface area (Å²) >= 11 is 0. The van der Waals surface area contributed by atoms with E-state index in [1.165, 1.54) is 17.5 Å². The van der Waals surface area contributed by atoms with Crippen molar-refractivity contribution in [3.05, 3.63) is 35.5 Å². The second-order valence-electron chi connectivity index (χ2n) is 9.41. The first-order valence-electron chi connectivity index (χ1n) is 10.4. The summed E-state index contributed by atoms with van der Waals surface area (Å²) in [7, 11) is 1.65. The highest BCUT2D eigenvalue weighted by Gasteiger charge is 2.39. The number of fused-ring (bicyclic) bond motifs is 3. The van der Waals surface area contributed by atoms with Crippen molar-refractivity contribution >= 4 is 0 Å². The average molecular weight is 402 g/mol. The van der Waals surface area contributed by atoms with E-state index in [0.29, 0.717) is 23.3 Å². The van der Waals surface area contributed by atoms with E-state index in [1.54, 1.807) is 7.11 Å². The van der Waals surface area contributed by atoms with Crippen LogP contribution in [0.15, 0.2) is 23.0 Å². The number of nitrogens with zero attached hydrogens (tertiary/aromatic N) is 3. The molecule has 0 aliphatic carbocycles. The van der Waals surface area contributed by atoms with Gasteiger partial charge in [0.15, 0.2) is 24.4 Å². The lowest BCUT2D eigenvalue weighted by atomic mass is 9.75. The number of hydrogen-bond donors (Lipinski definition) is 1. The standard InChI is InChI=1S/C22H31N3O4/c1-22(2,3)10-15-11-25-6-5-14-7-20(28-12-21-23-13-24-29-21)19(27-4)8-16(14)17(25)9-18(15)26/h7-8,13,15,17-18,26H,5-6,9-12H2,1-4H3/t15-,17-,18-/m1/s1. The molecule has 1 saturated heterocycles. The van der Waals surface area contributed by atoms with Crippen LogP contribution in [0.4, 0.5) is 0 Å². The summed E-state index contributed by atoms with van der Waals surface area (Å²) in [4.78, 5) is 6.52. The van der Waals surface area contributed by atoms with Crippen molar-refractivity contribution in [2.75, 3.05) is 20.2 Å². The normalized spacial score (nSPS) is 24.7. The lowest BCUT2D eigenvalue weighted by Crippen LogP contribution is -2.48. The van der Waals surface area contributed by atoms with Crippen LogP contribution in [0.5, 0.6) is 11.5 Å². The number of aromatic nitrogens is 2. The van der Waals surface area contributed by atoms with Gasteiger partial charge in [-0.1, -0.05) is 25.9 Å². The highest BCUT2D eigenvalue weighted by atomic mass is 16.5. The maximum atomic E-state index is 10.9. The van der Waals surface area contributed by atoms with E-state index in [9.17, 15) is 5.11 Å². The molecule has 0 spiro atoms. The first kappa shape index (κ1) is 20.2. The summed E-state index contributed by atoms with van der Waals surface area (Å²) in [6, 6.07) is 4.37. The van der Waals surface area contributed by atoms with Gasteiger partial charge in [-0.25, -0.2) is 0 Å². The fourth-order valence-corrected chi connectivity index (χ4v) is 4.76. The number of hydrogen-bond acceptors (Lipinski definition) is 7. The molecular weight excluding hydrogens is 370 g/mol. The fraction of sp³-hybridized carbons (Fsp3) is 0.636. The zero-order valence-electron chi connectivity index (χ0n) is 17.7. The minimum Gasteiger partial charge on any atom is -0.493 e. The van der Waals surface area contributed by atoms with Gasteiger partial charge in [-0.2, -0.15) is 4.98 Å². The van der Waals surface area contributed by atoms with Crippen molar-refractivity contribution in [3.63, 3.8) is 0 Å². The van der Waals surface area contributed by atoms with Crippen LogP contribution in [0, 0.1) is 11.3 Å². The highest BCUT2D eigenvalue weighted by molar-refractivity contribution is 5.49. The van der Waals surface area contributed by atoms with E-state index < -0.39 is 0 Å². The molecular formula is C22H31N3O4. The molecule has 1 fully saturated rings. The van der Waals surface area contributed by atoms with Gasteiger partial charge in [0.25, 0.3) is 5.89 Å². The van der Waals surface area contributed by atoms with Gasteiger partial charge in [0, 0.05) is 19.1 Å². The van der Waals surface area contributed by atoms with E-state index in [4.69, 9.17) is 14.0 Å². The van der Waals surface area contributed by atoms with Crippen molar-refractivity contribution in [3.8, 4) is 11.5 Å². The molecule has 2 aliphatic heterocycles. The molecule has 4 rings (SSSR count). The quantitative estimate of drug-likeness (QED) is 0.823. The molecule has 2 aliphatic rings. The Morgan fingerprint density at radius 3 is 2.79 bits per heavy atom. The van der Waals surface area contributed by atoms with Gasteiger partial charge in [0.2, 0.25) is 0 Å². The highest BCUT2D eigenvalue weighted by Crippen LogP contribution is 2.44. The molecule has 7 heteroatoms. The summed E-state index contributed by atoms with van der Waals surface area (Å²) in [6.45, 7) is 8.90. The van der Waals surface area contributed by atoms with E-state index >= 15 is 0 Å². The van der Waals surface area contributed by atoms with Crippen LogP contribution in [0.1, 0.15) is 56.7 Å². The van der Waals surface area contributed by atoms with Gasteiger partial charge < -0.3 is 19.1 Å². The van der Waals surface area contributed by atoms with Crippen LogP contribution >= 0.6 is 0 Å². The minimum absolute atomic E-state index is 0.206. The summed E-state index contributed by atoms with van der Waals surface area (Å²) < 4.78 is 16.5. The SMILES string of the molecule is COc1cc2c(cc1OCc1ncno1)CCN1C[C@@H](CC(C)(C)C)[C@H](O)C[C@H]21. The molecule has 1 aromatic heterocycles. The first-order valence-corrected chi connectivity index (χ1v) is 10.4. The molecule has 0 radical (unpaired) electrons. The average Bonchev–Trinajstić information content (AvgIpc) is 3.19. The van der Waals surface area contributed by atoms with Crippen LogP contribution in [0.2, 0.25) is 0 Å². The molecule has 1 N–H and O–H groups in total. The summed E-state index contributed by atoms with van der Waals surface area (Å²) in [5, 5.41) is 14.5. The topological polar surface area (TPSA) is 80.9 Å². The predicted molar refractivity (Wildman–Crippen MR) is 108 cm³/mol. The molecule has 1 aromatic carbocycles. The summed E-state index contributed by atoms with van der Waals surface area (Å²) in [5.74, 6) is 2.12. The van der Waals surface area contributed by atoms with Gasteiger partial charge in [0.05, 0.1) is 13.2 Å². The molecule has 0 bridgehead atoms. The Morgan fingerprint density at radius 2 is 2.10 bits per heavy atom. The second kappa shape index (κ2) is 7.95. The zero-order valence-corrected chi connectivity index (χ0v) is 17.7.